The van der Waals surface area contributed by atoms with Crippen LogP contribution >= 0.6 is 0 Å². The van der Waals surface area contributed by atoms with Gasteiger partial charge < -0.3 is 5.73 Å². The van der Waals surface area contributed by atoms with Crippen LogP contribution < -0.4 is 11.2 Å². The monoisotopic (exact) mass is 406 g/mol. The minimum atomic E-state index is -4.49. The number of carbonyl (C=O) groups is 1. The van der Waals surface area contributed by atoms with Crippen LogP contribution in [0.5, 0.6) is 0 Å². The smallest absolute Gasteiger partial charge is 0.330 e. The Bertz CT molecular complexity index is 985. The molecular weight excluding hydrogens is 388 g/mol. The molecule has 3 rings (SSSR count). The maximum atomic E-state index is 13.5. The fourth-order valence-electron chi connectivity index (χ4n) is 2.94. The Kier molecular flexibility index (Phi) is 5.69. The number of hydrogen-bond donors (Lipinski definition) is 2. The molecule has 29 heavy (non-hydrogen) atoms. The molecule has 2 aromatic carbocycles. The van der Waals surface area contributed by atoms with Crippen LogP contribution in [0.25, 0.3) is 5.70 Å². The molecule has 1 heterocycles. The van der Waals surface area contributed by atoms with E-state index in [1.165, 1.54) is 35.3 Å². The van der Waals surface area contributed by atoms with E-state index in [1.807, 2.05) is 0 Å². The Hall–Kier alpha value is -3.20. The van der Waals surface area contributed by atoms with Gasteiger partial charge in [-0.2, -0.15) is 13.2 Å². The number of halogens is 4. The molecule has 0 aromatic heterocycles. The third-order valence-corrected chi connectivity index (χ3v) is 4.27. The van der Waals surface area contributed by atoms with Gasteiger partial charge in [-0.1, -0.05) is 24.8 Å². The zero-order valence-electron chi connectivity index (χ0n) is 15.3. The summed E-state index contributed by atoms with van der Waals surface area (Å²) in [5, 5.41) is 1.34. The third-order valence-electron chi connectivity index (χ3n) is 4.27. The van der Waals surface area contributed by atoms with Crippen molar-refractivity contribution in [1.29, 1.82) is 0 Å². The number of benzene rings is 2. The van der Waals surface area contributed by atoms with E-state index in [2.05, 4.69) is 17.0 Å². The quantitative estimate of drug-likeness (QED) is 0.743. The van der Waals surface area contributed by atoms with E-state index in [0.717, 1.165) is 12.1 Å². The summed E-state index contributed by atoms with van der Waals surface area (Å²) in [6, 6.07) is 8.54. The first-order valence-electron chi connectivity index (χ1n) is 8.71. The van der Waals surface area contributed by atoms with E-state index in [9.17, 15) is 22.4 Å². The number of nitrogens with one attached hydrogen (secondary N) is 1. The standard InChI is InChI=1S/C20H18F4N4O/c1-12-16-6-5-15(21)11-17(16)26-18(7-8-25)28(12)27-19(29)10-13-3-2-4-14(9-13)20(22,23)24/h2-6,9,11H,1,7-8,10,25H2,(H,27,29). The molecule has 0 spiro atoms. The van der Waals surface area contributed by atoms with E-state index < -0.39 is 23.5 Å². The molecule has 152 valence electrons. The van der Waals surface area contributed by atoms with E-state index in [4.69, 9.17) is 5.73 Å². The molecule has 0 fully saturated rings. The van der Waals surface area contributed by atoms with Gasteiger partial charge in [-0.05, 0) is 30.3 Å². The lowest BCUT2D eigenvalue weighted by atomic mass is 10.1. The van der Waals surface area contributed by atoms with Crippen molar-refractivity contribution in [3.05, 3.63) is 71.6 Å². The summed E-state index contributed by atoms with van der Waals surface area (Å²) in [6.45, 7) is 4.14. The SMILES string of the molecule is C=C1c2ccc(F)cc2N=C(CCN)N1NC(=O)Cc1cccc(C(F)(F)F)c1. The molecule has 9 heteroatoms. The minimum absolute atomic E-state index is 0.208. The molecule has 0 unspecified atom stereocenters. The number of amides is 1. The van der Waals surface area contributed by atoms with Crippen molar-refractivity contribution in [1.82, 2.24) is 10.4 Å². The van der Waals surface area contributed by atoms with Gasteiger partial charge in [0.15, 0.2) is 0 Å². The van der Waals surface area contributed by atoms with Gasteiger partial charge in [0.25, 0.3) is 0 Å². The fourth-order valence-corrected chi connectivity index (χ4v) is 2.94. The zero-order valence-corrected chi connectivity index (χ0v) is 15.3. The van der Waals surface area contributed by atoms with Gasteiger partial charge in [-0.3, -0.25) is 10.2 Å². The van der Waals surface area contributed by atoms with Crippen molar-refractivity contribution < 1.29 is 22.4 Å². The van der Waals surface area contributed by atoms with Crippen molar-refractivity contribution >= 4 is 23.1 Å². The Morgan fingerprint density at radius 2 is 1.97 bits per heavy atom. The maximum absolute atomic E-state index is 13.5. The summed E-state index contributed by atoms with van der Waals surface area (Å²) in [4.78, 5) is 16.8. The number of aliphatic imine (C=N–C) groups is 1. The summed E-state index contributed by atoms with van der Waals surface area (Å²) < 4.78 is 52.1. The molecule has 0 saturated heterocycles. The highest BCUT2D eigenvalue weighted by molar-refractivity contribution is 5.99. The van der Waals surface area contributed by atoms with E-state index >= 15 is 0 Å². The van der Waals surface area contributed by atoms with Crippen molar-refractivity contribution in [2.75, 3.05) is 6.54 Å². The number of fused-ring (bicyclic) bond motifs is 1. The number of nitrogens with two attached hydrogens (primary N) is 1. The van der Waals surface area contributed by atoms with Crippen LogP contribution in [0.1, 0.15) is 23.1 Å². The summed E-state index contributed by atoms with van der Waals surface area (Å²) >= 11 is 0. The van der Waals surface area contributed by atoms with Gasteiger partial charge in [-0.15, -0.1) is 0 Å². The van der Waals surface area contributed by atoms with Crippen LogP contribution in [-0.4, -0.2) is 23.3 Å². The van der Waals surface area contributed by atoms with Crippen LogP contribution in [0.2, 0.25) is 0 Å². The van der Waals surface area contributed by atoms with Crippen LogP contribution in [0, 0.1) is 5.82 Å². The maximum Gasteiger partial charge on any atom is 0.416 e. The lowest BCUT2D eigenvalue weighted by molar-refractivity contribution is -0.137. The predicted molar refractivity (Wildman–Crippen MR) is 101 cm³/mol. The first-order chi connectivity index (χ1) is 13.7. The molecule has 0 radical (unpaired) electrons. The van der Waals surface area contributed by atoms with Crippen molar-refractivity contribution in [3.8, 4) is 0 Å². The molecule has 2 aromatic rings. The number of nitrogens with zero attached hydrogens (tertiary/aromatic N) is 2. The Morgan fingerprint density at radius 1 is 1.21 bits per heavy atom. The van der Waals surface area contributed by atoms with Gasteiger partial charge in [0, 0.05) is 18.1 Å². The molecule has 0 aliphatic carbocycles. The summed E-state index contributed by atoms with van der Waals surface area (Å²) in [5.41, 5.74) is 8.82. The van der Waals surface area contributed by atoms with Crippen LogP contribution in [0.4, 0.5) is 23.2 Å². The highest BCUT2D eigenvalue weighted by Crippen LogP contribution is 2.33. The average Bonchev–Trinajstić information content (AvgIpc) is 2.64. The van der Waals surface area contributed by atoms with Crippen LogP contribution in [0.3, 0.4) is 0 Å². The largest absolute Gasteiger partial charge is 0.416 e. The Morgan fingerprint density at radius 3 is 2.66 bits per heavy atom. The summed E-state index contributed by atoms with van der Waals surface area (Å²) in [6.07, 6.45) is -4.49. The number of rotatable bonds is 5. The first kappa shape index (κ1) is 20.5. The van der Waals surface area contributed by atoms with Gasteiger partial charge in [-0.25, -0.2) is 14.4 Å². The van der Waals surface area contributed by atoms with E-state index in [1.54, 1.807) is 0 Å². The lowest BCUT2D eigenvalue weighted by Crippen LogP contribution is -2.46. The normalized spacial score (nSPS) is 13.8. The fraction of sp³-hybridized carbons (Fsp3) is 0.200. The van der Waals surface area contributed by atoms with Crippen LogP contribution in [-0.2, 0) is 17.4 Å². The van der Waals surface area contributed by atoms with Crippen molar-refractivity contribution in [3.63, 3.8) is 0 Å². The topological polar surface area (TPSA) is 70.7 Å². The molecule has 0 atom stereocenters. The van der Waals surface area contributed by atoms with Gasteiger partial charge >= 0.3 is 6.18 Å². The third kappa shape index (κ3) is 4.62. The number of alkyl halides is 3. The number of amidine groups is 1. The molecule has 0 saturated carbocycles. The van der Waals surface area contributed by atoms with Crippen molar-refractivity contribution in [2.45, 2.75) is 19.0 Å². The Labute approximate surface area is 164 Å². The highest BCUT2D eigenvalue weighted by atomic mass is 19.4. The molecule has 1 amide bonds. The second kappa shape index (κ2) is 8.04. The first-order valence-corrected chi connectivity index (χ1v) is 8.71. The average molecular weight is 406 g/mol. The number of carbonyl (C=O) groups excluding carboxylic acids is 1. The number of hydrazine groups is 1. The summed E-state index contributed by atoms with van der Waals surface area (Å²) in [7, 11) is 0. The van der Waals surface area contributed by atoms with Gasteiger partial charge in [0.1, 0.15) is 11.7 Å². The molecule has 5 nitrogen and oxygen atoms in total. The predicted octanol–water partition coefficient (Wildman–Crippen LogP) is 3.78. The molecule has 1 aliphatic heterocycles. The molecule has 1 aliphatic rings. The number of hydrogen-bond acceptors (Lipinski definition) is 4. The summed E-state index contributed by atoms with van der Waals surface area (Å²) in [5.74, 6) is -0.664. The van der Waals surface area contributed by atoms with E-state index in [0.29, 0.717) is 22.8 Å². The lowest BCUT2D eigenvalue weighted by Gasteiger charge is -2.32. The molecule has 3 N–H and O–H groups in total. The second-order valence-electron chi connectivity index (χ2n) is 6.42. The van der Waals surface area contributed by atoms with Gasteiger partial charge in [0.2, 0.25) is 5.91 Å². The minimum Gasteiger partial charge on any atom is -0.330 e. The van der Waals surface area contributed by atoms with Gasteiger partial charge in [0.05, 0.1) is 23.4 Å². The molecule has 0 bridgehead atoms. The van der Waals surface area contributed by atoms with E-state index in [-0.39, 0.29) is 24.9 Å². The molecular formula is C20H18F4N4O. The second-order valence-corrected chi connectivity index (χ2v) is 6.42. The highest BCUT2D eigenvalue weighted by Gasteiger charge is 2.30. The Balaban J connectivity index is 1.81. The zero-order chi connectivity index (χ0) is 21.2. The van der Waals surface area contributed by atoms with Crippen LogP contribution in [0.15, 0.2) is 54.0 Å². The van der Waals surface area contributed by atoms with Crippen molar-refractivity contribution in [2.24, 2.45) is 10.7 Å².